The van der Waals surface area contributed by atoms with Gasteiger partial charge in [-0.3, -0.25) is 0 Å². The maximum absolute atomic E-state index is 6.50. The molecule has 0 fully saturated rings. The van der Waals surface area contributed by atoms with E-state index in [9.17, 15) is 0 Å². The summed E-state index contributed by atoms with van der Waals surface area (Å²) in [6.07, 6.45) is 3.36. The molecule has 0 heterocycles. The molecule has 0 saturated heterocycles. The van der Waals surface area contributed by atoms with Crippen molar-refractivity contribution in [3.05, 3.63) is 42.1 Å². The van der Waals surface area contributed by atoms with E-state index < -0.39 is 0 Å². The van der Waals surface area contributed by atoms with E-state index in [0.717, 1.165) is 5.56 Å². The fourth-order valence-corrected chi connectivity index (χ4v) is 0.725. The second-order valence-corrected chi connectivity index (χ2v) is 1.97. The van der Waals surface area contributed by atoms with Crippen molar-refractivity contribution in [2.75, 3.05) is 0 Å². The van der Waals surface area contributed by atoms with Crippen LogP contribution in [0.15, 0.2) is 41.5 Å². The third-order valence-electron chi connectivity index (χ3n) is 1.21. The van der Waals surface area contributed by atoms with Crippen molar-refractivity contribution in [2.45, 2.75) is 0 Å². The molecular formula is C9H8N2. The van der Waals surface area contributed by atoms with E-state index in [1.807, 2.05) is 42.4 Å². The van der Waals surface area contributed by atoms with Crippen LogP contribution in [-0.2, 0) is 0 Å². The highest BCUT2D eigenvalue weighted by molar-refractivity contribution is 5.50. The topological polar surface area (TPSA) is 36.2 Å². The van der Waals surface area contributed by atoms with Gasteiger partial charge in [0, 0.05) is 6.20 Å². The molecule has 2 nitrogen and oxygen atoms in total. The Balaban J connectivity index is 2.72. The number of hydrogen-bond acceptors (Lipinski definition) is 2. The Morgan fingerprint density at radius 2 is 2.00 bits per heavy atom. The summed E-state index contributed by atoms with van der Waals surface area (Å²) in [4.78, 5) is 3.50. The van der Waals surface area contributed by atoms with Crippen LogP contribution >= 0.6 is 0 Å². The molecule has 0 atom stereocenters. The summed E-state index contributed by atoms with van der Waals surface area (Å²) in [7, 11) is 0. The van der Waals surface area contributed by atoms with Gasteiger partial charge in [-0.05, 0) is 11.6 Å². The van der Waals surface area contributed by atoms with Gasteiger partial charge in [-0.15, -0.1) is 0 Å². The SMILES string of the molecule is N=C=NC=Cc1ccccc1. The van der Waals surface area contributed by atoms with E-state index in [0.29, 0.717) is 0 Å². The first-order valence-electron chi connectivity index (χ1n) is 3.26. The molecule has 1 rings (SSSR count). The molecule has 0 spiro atoms. The quantitative estimate of drug-likeness (QED) is 0.619. The fraction of sp³-hybridized carbons (Fsp3) is 0. The minimum Gasteiger partial charge on any atom is -0.241 e. The van der Waals surface area contributed by atoms with Gasteiger partial charge in [0.25, 0.3) is 0 Å². The summed E-state index contributed by atoms with van der Waals surface area (Å²) >= 11 is 0. The minimum atomic E-state index is 1.08. The van der Waals surface area contributed by atoms with Crippen molar-refractivity contribution in [2.24, 2.45) is 4.99 Å². The molecule has 1 N–H and O–H groups in total. The van der Waals surface area contributed by atoms with Crippen LogP contribution in [0.3, 0.4) is 0 Å². The molecule has 0 radical (unpaired) electrons. The molecule has 0 unspecified atom stereocenters. The highest BCUT2D eigenvalue weighted by Gasteiger charge is 1.79. The van der Waals surface area contributed by atoms with Gasteiger partial charge < -0.3 is 0 Å². The highest BCUT2D eigenvalue weighted by atomic mass is 14.7. The van der Waals surface area contributed by atoms with Crippen molar-refractivity contribution in [3.63, 3.8) is 0 Å². The smallest absolute Gasteiger partial charge is 0.0912 e. The number of benzene rings is 1. The van der Waals surface area contributed by atoms with E-state index in [1.165, 1.54) is 0 Å². The average Bonchev–Trinajstić information content (AvgIpc) is 2.07. The first-order chi connectivity index (χ1) is 5.43. The predicted molar refractivity (Wildman–Crippen MR) is 45.6 cm³/mol. The Morgan fingerprint density at radius 1 is 1.27 bits per heavy atom. The zero-order valence-electron chi connectivity index (χ0n) is 5.99. The lowest BCUT2D eigenvalue weighted by Gasteiger charge is -1.86. The standard InChI is InChI=1S/C9H8N2/c10-8-11-7-6-9-4-2-1-3-5-9/h1-7,10H. The molecule has 1 aromatic rings. The number of hydrogen-bond donors (Lipinski definition) is 1. The maximum Gasteiger partial charge on any atom is 0.0912 e. The number of aliphatic imine (C=N–C) groups is 1. The van der Waals surface area contributed by atoms with Crippen molar-refractivity contribution in [1.29, 1.82) is 5.41 Å². The molecule has 54 valence electrons. The van der Waals surface area contributed by atoms with Crippen LogP contribution in [0.2, 0.25) is 0 Å². The van der Waals surface area contributed by atoms with Crippen molar-refractivity contribution in [1.82, 2.24) is 0 Å². The third-order valence-corrected chi connectivity index (χ3v) is 1.21. The second-order valence-electron chi connectivity index (χ2n) is 1.97. The minimum absolute atomic E-state index is 1.08. The van der Waals surface area contributed by atoms with Gasteiger partial charge in [-0.25, -0.2) is 5.41 Å². The highest BCUT2D eigenvalue weighted by Crippen LogP contribution is 1.99. The summed E-state index contributed by atoms with van der Waals surface area (Å²) < 4.78 is 0. The number of rotatable bonds is 2. The summed E-state index contributed by atoms with van der Waals surface area (Å²) in [5.74, 6) is 0. The lowest BCUT2D eigenvalue weighted by molar-refractivity contribution is 1.51. The maximum atomic E-state index is 6.50. The number of nitrogens with zero attached hydrogens (tertiary/aromatic N) is 1. The Morgan fingerprint density at radius 3 is 2.64 bits per heavy atom. The molecule has 0 aliphatic rings. The van der Waals surface area contributed by atoms with Gasteiger partial charge in [0.05, 0.1) is 6.01 Å². The summed E-state index contributed by atoms with van der Waals surface area (Å²) in [6, 6.07) is 11.7. The lowest BCUT2D eigenvalue weighted by Crippen LogP contribution is -1.66. The Kier molecular flexibility index (Phi) is 2.85. The summed E-state index contributed by atoms with van der Waals surface area (Å²) in [5.41, 5.74) is 1.08. The lowest BCUT2D eigenvalue weighted by atomic mass is 10.2. The van der Waals surface area contributed by atoms with Gasteiger partial charge in [0.15, 0.2) is 0 Å². The largest absolute Gasteiger partial charge is 0.241 e. The van der Waals surface area contributed by atoms with Crippen molar-refractivity contribution in [3.8, 4) is 0 Å². The third kappa shape index (κ3) is 2.61. The van der Waals surface area contributed by atoms with Gasteiger partial charge in [0.1, 0.15) is 0 Å². The van der Waals surface area contributed by atoms with Crippen LogP contribution in [0, 0.1) is 5.41 Å². The second kappa shape index (κ2) is 4.20. The van der Waals surface area contributed by atoms with E-state index in [1.54, 1.807) is 6.20 Å². The van der Waals surface area contributed by atoms with Crippen molar-refractivity contribution < 1.29 is 0 Å². The fourth-order valence-electron chi connectivity index (χ4n) is 0.725. The normalized spacial score (nSPS) is 9.45. The molecule has 0 bridgehead atoms. The zero-order chi connectivity index (χ0) is 7.94. The summed E-state index contributed by atoms with van der Waals surface area (Å²) in [5, 5.41) is 6.50. The van der Waals surface area contributed by atoms with E-state index in [4.69, 9.17) is 5.41 Å². The molecule has 1 aromatic carbocycles. The summed E-state index contributed by atoms with van der Waals surface area (Å²) in [6.45, 7) is 0. The first-order valence-corrected chi connectivity index (χ1v) is 3.26. The van der Waals surface area contributed by atoms with Gasteiger partial charge >= 0.3 is 0 Å². The van der Waals surface area contributed by atoms with Crippen LogP contribution in [0.4, 0.5) is 0 Å². The zero-order valence-corrected chi connectivity index (χ0v) is 5.99. The van der Waals surface area contributed by atoms with Crippen molar-refractivity contribution >= 4 is 12.1 Å². The van der Waals surface area contributed by atoms with Gasteiger partial charge in [0.2, 0.25) is 0 Å². The van der Waals surface area contributed by atoms with E-state index in [2.05, 4.69) is 4.99 Å². The molecule has 0 saturated carbocycles. The molecule has 0 aliphatic heterocycles. The molecular weight excluding hydrogens is 136 g/mol. The average molecular weight is 144 g/mol. The Hall–Kier alpha value is -1.66. The molecule has 0 aromatic heterocycles. The van der Waals surface area contributed by atoms with Crippen LogP contribution in [0.1, 0.15) is 5.56 Å². The van der Waals surface area contributed by atoms with Crippen LogP contribution < -0.4 is 0 Å². The Labute approximate surface area is 65.4 Å². The van der Waals surface area contributed by atoms with Crippen LogP contribution in [0.5, 0.6) is 0 Å². The van der Waals surface area contributed by atoms with E-state index in [-0.39, 0.29) is 0 Å². The predicted octanol–water partition coefficient (Wildman–Crippen LogP) is 2.41. The number of nitrogens with one attached hydrogen (secondary N) is 1. The monoisotopic (exact) mass is 144 g/mol. The van der Waals surface area contributed by atoms with E-state index >= 15 is 0 Å². The van der Waals surface area contributed by atoms with Gasteiger partial charge in [-0.1, -0.05) is 30.3 Å². The molecule has 11 heavy (non-hydrogen) atoms. The molecule has 0 amide bonds. The molecule has 2 heteroatoms. The first kappa shape index (κ1) is 7.45. The Bertz CT molecular complexity index is 282. The van der Waals surface area contributed by atoms with Gasteiger partial charge in [-0.2, -0.15) is 4.99 Å². The van der Waals surface area contributed by atoms with Crippen LogP contribution in [-0.4, -0.2) is 6.01 Å². The van der Waals surface area contributed by atoms with Crippen LogP contribution in [0.25, 0.3) is 6.08 Å². The molecule has 0 aliphatic carbocycles.